The number of likely N-dealkylation sites (N-methyl/N-ethyl adjacent to an activating group) is 1. The van der Waals surface area contributed by atoms with Gasteiger partial charge in [0.1, 0.15) is 0 Å². The quantitative estimate of drug-likeness (QED) is 0.868. The molecular weight excluding hydrogens is 228 g/mol. The van der Waals surface area contributed by atoms with Gasteiger partial charge in [0.05, 0.1) is 5.56 Å². The second kappa shape index (κ2) is 4.98. The molecule has 0 saturated carbocycles. The van der Waals surface area contributed by atoms with E-state index in [4.69, 9.17) is 5.11 Å². The minimum atomic E-state index is -0.873. The number of hydrogen-bond donors (Lipinski definition) is 1. The smallest absolute Gasteiger partial charge is 0.335 e. The average molecular weight is 248 g/mol. The molecule has 2 atom stereocenters. The van der Waals surface area contributed by atoms with Crippen molar-refractivity contribution < 1.29 is 9.90 Å². The van der Waals surface area contributed by atoms with Crippen LogP contribution < -0.4 is 4.90 Å². The van der Waals surface area contributed by atoms with Crippen molar-refractivity contribution in [2.75, 3.05) is 25.0 Å². The van der Waals surface area contributed by atoms with Crippen molar-refractivity contribution in [2.45, 2.75) is 25.9 Å². The van der Waals surface area contributed by atoms with Crippen molar-refractivity contribution >= 4 is 11.7 Å². The van der Waals surface area contributed by atoms with E-state index in [0.29, 0.717) is 17.6 Å². The monoisotopic (exact) mass is 248 g/mol. The SMILES string of the molecule is CC1CN(c2ccc(C(=O)O)cc2)CC(C)N1C. The lowest BCUT2D eigenvalue weighted by atomic mass is 10.1. The zero-order valence-electron chi connectivity index (χ0n) is 11.1. The van der Waals surface area contributed by atoms with Crippen molar-refractivity contribution in [3.05, 3.63) is 29.8 Å². The van der Waals surface area contributed by atoms with Gasteiger partial charge in [0.25, 0.3) is 0 Å². The highest BCUT2D eigenvalue weighted by Crippen LogP contribution is 2.21. The lowest BCUT2D eigenvalue weighted by Gasteiger charge is -2.43. The van der Waals surface area contributed by atoms with Crippen molar-refractivity contribution in [3.63, 3.8) is 0 Å². The van der Waals surface area contributed by atoms with Crippen LogP contribution in [0.5, 0.6) is 0 Å². The number of piperazine rings is 1. The summed E-state index contributed by atoms with van der Waals surface area (Å²) >= 11 is 0. The Morgan fingerprint density at radius 2 is 1.67 bits per heavy atom. The minimum Gasteiger partial charge on any atom is -0.478 e. The molecule has 1 aliphatic rings. The highest BCUT2D eigenvalue weighted by atomic mass is 16.4. The van der Waals surface area contributed by atoms with Crippen LogP contribution in [0, 0.1) is 0 Å². The summed E-state index contributed by atoms with van der Waals surface area (Å²) in [6.07, 6.45) is 0. The van der Waals surface area contributed by atoms with Crippen LogP contribution in [-0.4, -0.2) is 48.2 Å². The van der Waals surface area contributed by atoms with Gasteiger partial charge in [-0.3, -0.25) is 4.90 Å². The third-order valence-electron chi connectivity index (χ3n) is 3.84. The molecule has 18 heavy (non-hydrogen) atoms. The summed E-state index contributed by atoms with van der Waals surface area (Å²) in [5.41, 5.74) is 1.45. The number of anilines is 1. The van der Waals surface area contributed by atoms with Gasteiger partial charge in [0.2, 0.25) is 0 Å². The molecule has 0 amide bonds. The molecule has 2 rings (SSSR count). The molecule has 1 N–H and O–H groups in total. The zero-order chi connectivity index (χ0) is 13.3. The van der Waals surface area contributed by atoms with Crippen LogP contribution in [0.1, 0.15) is 24.2 Å². The Morgan fingerprint density at radius 3 is 2.11 bits per heavy atom. The summed E-state index contributed by atoms with van der Waals surface area (Å²) in [4.78, 5) is 15.5. The highest BCUT2D eigenvalue weighted by molar-refractivity contribution is 5.88. The number of carboxylic acid groups (broad SMARTS) is 1. The van der Waals surface area contributed by atoms with Gasteiger partial charge < -0.3 is 10.0 Å². The van der Waals surface area contributed by atoms with Crippen LogP contribution in [-0.2, 0) is 0 Å². The molecule has 2 unspecified atom stereocenters. The van der Waals surface area contributed by atoms with Crippen LogP contribution in [0.4, 0.5) is 5.69 Å². The first-order valence-corrected chi connectivity index (χ1v) is 6.29. The maximum absolute atomic E-state index is 10.8. The molecule has 1 aliphatic heterocycles. The Hall–Kier alpha value is -1.55. The van der Waals surface area contributed by atoms with E-state index in [9.17, 15) is 4.79 Å². The maximum Gasteiger partial charge on any atom is 0.335 e. The lowest BCUT2D eigenvalue weighted by molar-refractivity contribution is 0.0697. The van der Waals surface area contributed by atoms with Gasteiger partial charge in [-0.25, -0.2) is 4.79 Å². The first-order chi connectivity index (χ1) is 8.49. The maximum atomic E-state index is 10.8. The summed E-state index contributed by atoms with van der Waals surface area (Å²) in [5, 5.41) is 8.88. The fraction of sp³-hybridized carbons (Fsp3) is 0.500. The second-order valence-corrected chi connectivity index (χ2v) is 5.12. The zero-order valence-corrected chi connectivity index (χ0v) is 11.1. The molecule has 1 fully saturated rings. The van der Waals surface area contributed by atoms with Gasteiger partial charge in [-0.05, 0) is 45.2 Å². The first kappa shape index (κ1) is 12.9. The molecule has 98 valence electrons. The predicted molar refractivity (Wildman–Crippen MR) is 72.3 cm³/mol. The first-order valence-electron chi connectivity index (χ1n) is 6.29. The average Bonchev–Trinajstić information content (AvgIpc) is 2.35. The molecule has 1 saturated heterocycles. The molecule has 0 aliphatic carbocycles. The van der Waals surface area contributed by atoms with Crippen molar-refractivity contribution in [1.29, 1.82) is 0 Å². The van der Waals surface area contributed by atoms with Gasteiger partial charge >= 0.3 is 5.97 Å². The molecular formula is C14H20N2O2. The van der Waals surface area contributed by atoms with Gasteiger partial charge in [-0.15, -0.1) is 0 Å². The highest BCUT2D eigenvalue weighted by Gasteiger charge is 2.26. The van der Waals surface area contributed by atoms with Gasteiger partial charge in [0, 0.05) is 30.9 Å². The summed E-state index contributed by atoms with van der Waals surface area (Å²) in [5.74, 6) is -0.873. The normalized spacial score (nSPS) is 25.2. The number of rotatable bonds is 2. The predicted octanol–water partition coefficient (Wildman–Crippen LogP) is 1.91. The third kappa shape index (κ3) is 2.48. The van der Waals surface area contributed by atoms with Crippen molar-refractivity contribution in [3.8, 4) is 0 Å². The van der Waals surface area contributed by atoms with Crippen molar-refractivity contribution in [1.82, 2.24) is 4.90 Å². The largest absolute Gasteiger partial charge is 0.478 e. The van der Waals surface area contributed by atoms with E-state index in [2.05, 4.69) is 30.7 Å². The molecule has 0 aromatic heterocycles. The van der Waals surface area contributed by atoms with Crippen LogP contribution >= 0.6 is 0 Å². The van der Waals surface area contributed by atoms with E-state index in [-0.39, 0.29) is 0 Å². The minimum absolute atomic E-state index is 0.342. The Kier molecular flexibility index (Phi) is 3.57. The number of carboxylic acids is 1. The Balaban J connectivity index is 2.14. The lowest BCUT2D eigenvalue weighted by Crippen LogP contribution is -2.55. The Labute approximate surface area is 108 Å². The molecule has 1 aromatic carbocycles. The van der Waals surface area contributed by atoms with E-state index in [1.54, 1.807) is 12.1 Å². The van der Waals surface area contributed by atoms with E-state index < -0.39 is 5.97 Å². The van der Waals surface area contributed by atoms with Crippen LogP contribution in [0.3, 0.4) is 0 Å². The van der Waals surface area contributed by atoms with E-state index in [0.717, 1.165) is 18.8 Å². The fourth-order valence-electron chi connectivity index (χ4n) is 2.43. The number of nitrogens with zero attached hydrogens (tertiary/aromatic N) is 2. The van der Waals surface area contributed by atoms with Crippen molar-refractivity contribution in [2.24, 2.45) is 0 Å². The summed E-state index contributed by atoms with van der Waals surface area (Å²) in [7, 11) is 2.15. The number of hydrogen-bond acceptors (Lipinski definition) is 3. The molecule has 0 radical (unpaired) electrons. The van der Waals surface area contributed by atoms with E-state index in [1.807, 2.05) is 12.1 Å². The summed E-state index contributed by atoms with van der Waals surface area (Å²) in [6.45, 7) is 6.39. The third-order valence-corrected chi connectivity index (χ3v) is 3.84. The second-order valence-electron chi connectivity index (χ2n) is 5.12. The molecule has 4 heteroatoms. The molecule has 4 nitrogen and oxygen atoms in total. The molecule has 0 bridgehead atoms. The van der Waals surface area contributed by atoms with Crippen LogP contribution in [0.15, 0.2) is 24.3 Å². The molecule has 1 aromatic rings. The van der Waals surface area contributed by atoms with E-state index >= 15 is 0 Å². The molecule has 1 heterocycles. The Bertz CT molecular complexity index is 418. The van der Waals surface area contributed by atoms with Gasteiger partial charge in [-0.1, -0.05) is 0 Å². The number of carbonyl (C=O) groups is 1. The van der Waals surface area contributed by atoms with E-state index in [1.165, 1.54) is 0 Å². The topological polar surface area (TPSA) is 43.8 Å². The van der Waals surface area contributed by atoms with Crippen LogP contribution in [0.25, 0.3) is 0 Å². The van der Waals surface area contributed by atoms with Gasteiger partial charge in [-0.2, -0.15) is 0 Å². The van der Waals surface area contributed by atoms with Gasteiger partial charge in [0.15, 0.2) is 0 Å². The van der Waals surface area contributed by atoms with Crippen LogP contribution in [0.2, 0.25) is 0 Å². The summed E-state index contributed by atoms with van der Waals surface area (Å²) in [6, 6.07) is 8.15. The molecule has 0 spiro atoms. The number of benzene rings is 1. The fourth-order valence-corrected chi connectivity index (χ4v) is 2.43. The Morgan fingerprint density at radius 1 is 1.17 bits per heavy atom. The number of aromatic carboxylic acids is 1. The standard InChI is InChI=1S/C14H20N2O2/c1-10-8-16(9-11(2)15(10)3)13-6-4-12(5-7-13)14(17)18/h4-7,10-11H,8-9H2,1-3H3,(H,17,18). The summed E-state index contributed by atoms with van der Waals surface area (Å²) < 4.78 is 0.